The van der Waals surface area contributed by atoms with Gasteiger partial charge in [0.15, 0.2) is 6.10 Å². The van der Waals surface area contributed by atoms with Crippen molar-refractivity contribution in [1.29, 1.82) is 0 Å². The van der Waals surface area contributed by atoms with E-state index >= 15 is 0 Å². The van der Waals surface area contributed by atoms with Crippen LogP contribution in [0.15, 0.2) is 53.7 Å². The van der Waals surface area contributed by atoms with Gasteiger partial charge in [-0.2, -0.15) is 0 Å². The normalized spacial score (nSPS) is 15.9. The lowest BCUT2D eigenvalue weighted by atomic mass is 10.0. The first kappa shape index (κ1) is 19.9. The topological polar surface area (TPSA) is 51.1 Å². The van der Waals surface area contributed by atoms with Crippen molar-refractivity contribution in [1.82, 2.24) is 4.90 Å². The molecule has 1 unspecified atom stereocenters. The summed E-state index contributed by atoms with van der Waals surface area (Å²) in [5, 5.41) is 4.11. The fraction of sp³-hybridized carbons (Fsp3) is 0.364. The number of ether oxygens (including phenoxy) is 1. The van der Waals surface area contributed by atoms with Gasteiger partial charge < -0.3 is 14.5 Å². The molecule has 3 rings (SSSR count). The van der Waals surface area contributed by atoms with Crippen LogP contribution in [-0.2, 0) is 16.2 Å². The molecular weight excluding hydrogens is 359 g/mol. The molecule has 0 radical (unpaired) electrons. The Kier molecular flexibility index (Phi) is 6.29. The third-order valence-corrected chi connectivity index (χ3v) is 4.63. The zero-order valence-corrected chi connectivity index (χ0v) is 16.4. The summed E-state index contributed by atoms with van der Waals surface area (Å²) in [6, 6.07) is 14.0. The Morgan fingerprint density at radius 2 is 2.07 bits per heavy atom. The van der Waals surface area contributed by atoms with Gasteiger partial charge in [0.2, 0.25) is 5.91 Å². The summed E-state index contributed by atoms with van der Waals surface area (Å²) < 4.78 is 18.7. The molecule has 0 aromatic heterocycles. The van der Waals surface area contributed by atoms with Crippen LogP contribution in [0, 0.1) is 11.7 Å². The lowest BCUT2D eigenvalue weighted by Crippen LogP contribution is -2.39. The monoisotopic (exact) mass is 384 g/mol. The van der Waals surface area contributed by atoms with E-state index in [1.54, 1.807) is 24.1 Å². The van der Waals surface area contributed by atoms with Gasteiger partial charge in [-0.3, -0.25) is 4.79 Å². The van der Waals surface area contributed by atoms with Crippen LogP contribution in [0.25, 0.3) is 0 Å². The van der Waals surface area contributed by atoms with Gasteiger partial charge >= 0.3 is 0 Å². The van der Waals surface area contributed by atoms with Gasteiger partial charge in [-0.15, -0.1) is 0 Å². The van der Waals surface area contributed by atoms with E-state index in [4.69, 9.17) is 9.57 Å². The van der Waals surface area contributed by atoms with E-state index in [2.05, 4.69) is 5.16 Å². The summed E-state index contributed by atoms with van der Waals surface area (Å²) in [5.74, 6) is 0.364. The quantitative estimate of drug-likeness (QED) is 0.725. The van der Waals surface area contributed by atoms with Gasteiger partial charge in [0.25, 0.3) is 0 Å². The predicted octanol–water partition coefficient (Wildman–Crippen LogP) is 4.01. The number of amides is 1. The Bertz CT molecular complexity index is 866. The summed E-state index contributed by atoms with van der Waals surface area (Å²) in [6.45, 7) is 4.64. The highest BCUT2D eigenvalue weighted by atomic mass is 19.1. The van der Waals surface area contributed by atoms with E-state index < -0.39 is 0 Å². The number of halogens is 1. The van der Waals surface area contributed by atoms with E-state index in [0.29, 0.717) is 30.8 Å². The molecule has 1 atom stereocenters. The zero-order chi connectivity index (χ0) is 20.1. The van der Waals surface area contributed by atoms with Crippen molar-refractivity contribution in [2.24, 2.45) is 11.1 Å². The van der Waals surface area contributed by atoms with Crippen molar-refractivity contribution in [3.63, 3.8) is 0 Å². The van der Waals surface area contributed by atoms with Gasteiger partial charge in [0.1, 0.15) is 11.6 Å². The smallest absolute Gasteiger partial charge is 0.225 e. The van der Waals surface area contributed by atoms with Crippen molar-refractivity contribution < 1.29 is 18.8 Å². The number of hydrogen-bond donors (Lipinski definition) is 0. The summed E-state index contributed by atoms with van der Waals surface area (Å²) in [4.78, 5) is 20.1. The maximum absolute atomic E-state index is 13.5. The molecule has 0 saturated heterocycles. The highest BCUT2D eigenvalue weighted by Crippen LogP contribution is 2.21. The third kappa shape index (κ3) is 4.88. The zero-order valence-electron chi connectivity index (χ0n) is 16.4. The molecule has 0 bridgehead atoms. The van der Waals surface area contributed by atoms with Crippen molar-refractivity contribution >= 4 is 11.6 Å². The highest BCUT2D eigenvalue weighted by Gasteiger charge is 2.28. The first-order valence-corrected chi connectivity index (χ1v) is 9.36. The largest absolute Gasteiger partial charge is 0.497 e. The molecule has 5 nitrogen and oxygen atoms in total. The second kappa shape index (κ2) is 8.87. The average molecular weight is 384 g/mol. The minimum atomic E-state index is -0.307. The first-order valence-electron chi connectivity index (χ1n) is 9.36. The molecule has 148 valence electrons. The summed E-state index contributed by atoms with van der Waals surface area (Å²) in [7, 11) is 1.62. The van der Waals surface area contributed by atoms with Crippen LogP contribution >= 0.6 is 0 Å². The van der Waals surface area contributed by atoms with Crippen LogP contribution in [0.2, 0.25) is 0 Å². The lowest BCUT2D eigenvalue weighted by molar-refractivity contribution is -0.136. The van der Waals surface area contributed by atoms with Crippen LogP contribution in [0.1, 0.15) is 31.4 Å². The predicted molar refractivity (Wildman–Crippen MR) is 106 cm³/mol. The van der Waals surface area contributed by atoms with Gasteiger partial charge in [-0.05, 0) is 29.8 Å². The van der Waals surface area contributed by atoms with E-state index in [-0.39, 0.29) is 23.7 Å². The van der Waals surface area contributed by atoms with Crippen LogP contribution in [0.5, 0.6) is 5.75 Å². The number of hydrogen-bond acceptors (Lipinski definition) is 4. The molecular formula is C22H25FN2O3. The lowest BCUT2D eigenvalue weighted by Gasteiger charge is -2.26. The van der Waals surface area contributed by atoms with Crippen molar-refractivity contribution in [3.8, 4) is 5.75 Å². The minimum Gasteiger partial charge on any atom is -0.497 e. The Balaban J connectivity index is 1.69. The number of carbonyl (C=O) groups is 1. The average Bonchev–Trinajstić information content (AvgIpc) is 3.15. The van der Waals surface area contributed by atoms with Crippen molar-refractivity contribution in [2.45, 2.75) is 32.9 Å². The molecule has 1 aliphatic heterocycles. The van der Waals surface area contributed by atoms with Crippen molar-refractivity contribution in [3.05, 3.63) is 65.5 Å². The Hall–Kier alpha value is -2.89. The molecule has 2 aromatic carbocycles. The minimum absolute atomic E-state index is 0.0469. The standard InChI is InChI=1S/C22H25FN2O3/c1-15(2)22(26)25(13-16-6-4-9-19(10-16)27-3)14-20-12-21(24-28-20)17-7-5-8-18(23)11-17/h4-11,15,20H,12-14H2,1-3H3. The molecule has 1 amide bonds. The fourth-order valence-corrected chi connectivity index (χ4v) is 3.20. The van der Waals surface area contributed by atoms with Gasteiger partial charge in [0, 0.05) is 24.4 Å². The molecule has 1 aliphatic rings. The molecule has 0 spiro atoms. The van der Waals surface area contributed by atoms with Crippen LogP contribution in [0.4, 0.5) is 4.39 Å². The van der Waals surface area contributed by atoms with Gasteiger partial charge in [-0.25, -0.2) is 4.39 Å². The van der Waals surface area contributed by atoms with Crippen LogP contribution in [0.3, 0.4) is 0 Å². The number of methoxy groups -OCH3 is 1. The molecule has 0 aliphatic carbocycles. The SMILES string of the molecule is COc1cccc(CN(CC2CC(c3cccc(F)c3)=NO2)C(=O)C(C)C)c1. The molecule has 0 N–H and O–H groups in total. The second-order valence-electron chi connectivity index (χ2n) is 7.20. The summed E-state index contributed by atoms with van der Waals surface area (Å²) in [5.41, 5.74) is 2.39. The second-order valence-corrected chi connectivity index (χ2v) is 7.20. The first-order chi connectivity index (χ1) is 13.5. The molecule has 1 heterocycles. The maximum Gasteiger partial charge on any atom is 0.225 e. The Morgan fingerprint density at radius 1 is 1.29 bits per heavy atom. The van der Waals surface area contributed by atoms with E-state index in [9.17, 15) is 9.18 Å². The van der Waals surface area contributed by atoms with E-state index in [1.807, 2.05) is 38.1 Å². The molecule has 0 saturated carbocycles. The number of carbonyl (C=O) groups excluding carboxylic acids is 1. The fourth-order valence-electron chi connectivity index (χ4n) is 3.20. The summed E-state index contributed by atoms with van der Waals surface area (Å²) >= 11 is 0. The Labute approximate surface area is 164 Å². The number of rotatable bonds is 7. The number of benzene rings is 2. The third-order valence-electron chi connectivity index (χ3n) is 4.63. The molecule has 2 aromatic rings. The number of nitrogens with zero attached hydrogens (tertiary/aromatic N) is 2. The molecule has 0 fully saturated rings. The number of oxime groups is 1. The highest BCUT2D eigenvalue weighted by molar-refractivity contribution is 6.01. The van der Waals surface area contributed by atoms with Crippen LogP contribution < -0.4 is 4.74 Å². The summed E-state index contributed by atoms with van der Waals surface area (Å²) in [6.07, 6.45) is 0.273. The van der Waals surface area contributed by atoms with E-state index in [1.165, 1.54) is 12.1 Å². The van der Waals surface area contributed by atoms with Crippen LogP contribution in [-0.4, -0.2) is 36.3 Å². The van der Waals surface area contributed by atoms with Gasteiger partial charge in [0.05, 0.1) is 19.4 Å². The molecule has 28 heavy (non-hydrogen) atoms. The maximum atomic E-state index is 13.5. The van der Waals surface area contributed by atoms with Crippen molar-refractivity contribution in [2.75, 3.05) is 13.7 Å². The van der Waals surface area contributed by atoms with E-state index in [0.717, 1.165) is 11.3 Å². The Morgan fingerprint density at radius 3 is 2.79 bits per heavy atom. The van der Waals surface area contributed by atoms with Gasteiger partial charge in [-0.1, -0.05) is 43.3 Å². The molecule has 6 heteroatoms.